The topological polar surface area (TPSA) is 101 Å². The fraction of sp³-hybridized carbons (Fsp3) is 0.417. The molecule has 1 N–H and O–H groups in total. The Morgan fingerprint density at radius 3 is 2.86 bits per heavy atom. The van der Waals surface area contributed by atoms with E-state index in [1.54, 1.807) is 12.3 Å². The predicted molar refractivity (Wildman–Crippen MR) is 74.0 cm³/mol. The van der Waals surface area contributed by atoms with Crippen LogP contribution in [0.5, 0.6) is 0 Å². The number of anilines is 1. The van der Waals surface area contributed by atoms with Gasteiger partial charge in [-0.25, -0.2) is 23.1 Å². The van der Waals surface area contributed by atoms with Crippen LogP contribution in [0, 0.1) is 0 Å². The maximum Gasteiger partial charge on any atom is 0.245 e. The van der Waals surface area contributed by atoms with Crippen LogP contribution in [-0.2, 0) is 16.6 Å². The molecule has 9 heteroatoms. The van der Waals surface area contributed by atoms with Crippen molar-refractivity contribution in [1.29, 1.82) is 0 Å². The van der Waals surface area contributed by atoms with Crippen LogP contribution < -0.4 is 9.62 Å². The molecule has 0 radical (unpaired) electrons. The minimum Gasteiger partial charge on any atom is -0.363 e. The van der Waals surface area contributed by atoms with Gasteiger partial charge in [0.15, 0.2) is 0 Å². The number of sulfonamides is 1. The summed E-state index contributed by atoms with van der Waals surface area (Å²) in [5, 5.41) is 3.38. The largest absolute Gasteiger partial charge is 0.363 e. The Hall–Kier alpha value is -2.00. The minimum absolute atomic E-state index is 0.00341. The molecule has 112 valence electrons. The molecule has 1 aliphatic rings. The molecule has 3 rings (SSSR count). The van der Waals surface area contributed by atoms with E-state index in [0.717, 1.165) is 38.4 Å². The van der Waals surface area contributed by atoms with E-state index in [2.05, 4.69) is 29.3 Å². The van der Waals surface area contributed by atoms with E-state index in [1.165, 1.54) is 0 Å². The molecular weight excluding hydrogens is 294 g/mol. The first-order valence-electron chi connectivity index (χ1n) is 6.61. The lowest BCUT2D eigenvalue weighted by molar-refractivity contribution is 0.417. The first-order valence-corrected chi connectivity index (χ1v) is 8.09. The summed E-state index contributed by atoms with van der Waals surface area (Å²) in [6.07, 6.45) is 6.14. The molecule has 0 aliphatic carbocycles. The molecule has 1 aliphatic heterocycles. The average Bonchev–Trinajstić information content (AvgIpc) is 3.18. The third kappa shape index (κ3) is 3.19. The molecule has 0 unspecified atom stereocenters. The van der Waals surface area contributed by atoms with Gasteiger partial charge < -0.3 is 9.42 Å². The summed E-state index contributed by atoms with van der Waals surface area (Å²) >= 11 is 0. The van der Waals surface area contributed by atoms with Gasteiger partial charge in [-0.1, -0.05) is 5.16 Å². The summed E-state index contributed by atoms with van der Waals surface area (Å²) in [5.41, 5.74) is 0.618. The molecule has 0 bridgehead atoms. The van der Waals surface area contributed by atoms with Gasteiger partial charge in [-0.05, 0) is 18.9 Å². The fourth-order valence-electron chi connectivity index (χ4n) is 2.13. The SMILES string of the molecule is O=S(=O)(NCc1ccnc(N2CCCC2)n1)c1cnoc1. The van der Waals surface area contributed by atoms with Crippen LogP contribution in [-0.4, -0.2) is 36.6 Å². The maximum atomic E-state index is 11.9. The smallest absolute Gasteiger partial charge is 0.245 e. The van der Waals surface area contributed by atoms with Crippen molar-refractivity contribution in [2.24, 2.45) is 0 Å². The van der Waals surface area contributed by atoms with Crippen molar-refractivity contribution in [3.05, 3.63) is 30.4 Å². The van der Waals surface area contributed by atoms with Crippen molar-refractivity contribution in [3.63, 3.8) is 0 Å². The molecule has 0 amide bonds. The molecule has 3 heterocycles. The lowest BCUT2D eigenvalue weighted by atomic mass is 10.4. The molecule has 0 atom stereocenters. The number of hydrogen-bond donors (Lipinski definition) is 1. The van der Waals surface area contributed by atoms with Gasteiger partial charge in [-0.15, -0.1) is 0 Å². The number of nitrogens with one attached hydrogen (secondary N) is 1. The molecule has 2 aromatic rings. The summed E-state index contributed by atoms with van der Waals surface area (Å²) < 4.78 is 30.9. The van der Waals surface area contributed by atoms with Crippen LogP contribution in [0.3, 0.4) is 0 Å². The van der Waals surface area contributed by atoms with E-state index in [1.807, 2.05) is 0 Å². The highest BCUT2D eigenvalue weighted by Crippen LogP contribution is 2.15. The lowest BCUT2D eigenvalue weighted by Crippen LogP contribution is -2.25. The molecule has 8 nitrogen and oxygen atoms in total. The third-order valence-electron chi connectivity index (χ3n) is 3.25. The number of rotatable bonds is 5. The summed E-state index contributed by atoms with van der Waals surface area (Å²) in [7, 11) is -3.63. The first-order chi connectivity index (χ1) is 10.1. The van der Waals surface area contributed by atoms with E-state index < -0.39 is 10.0 Å². The quantitative estimate of drug-likeness (QED) is 0.860. The highest BCUT2D eigenvalue weighted by Gasteiger charge is 2.18. The molecule has 1 saturated heterocycles. The number of nitrogens with zero attached hydrogens (tertiary/aromatic N) is 4. The van der Waals surface area contributed by atoms with Gasteiger partial charge in [0.1, 0.15) is 11.2 Å². The van der Waals surface area contributed by atoms with Crippen molar-refractivity contribution < 1.29 is 12.9 Å². The fourth-order valence-corrected chi connectivity index (χ4v) is 2.99. The third-order valence-corrected chi connectivity index (χ3v) is 4.60. The average molecular weight is 309 g/mol. The van der Waals surface area contributed by atoms with Gasteiger partial charge in [0.25, 0.3) is 0 Å². The highest BCUT2D eigenvalue weighted by atomic mass is 32.2. The summed E-state index contributed by atoms with van der Waals surface area (Å²) in [6.45, 7) is 1.97. The number of hydrogen-bond acceptors (Lipinski definition) is 7. The summed E-state index contributed by atoms with van der Waals surface area (Å²) in [4.78, 5) is 10.7. The Morgan fingerprint density at radius 2 is 2.14 bits per heavy atom. The molecule has 0 spiro atoms. The van der Waals surface area contributed by atoms with Gasteiger partial charge in [-0.2, -0.15) is 0 Å². The van der Waals surface area contributed by atoms with Crippen LogP contribution in [0.2, 0.25) is 0 Å². The van der Waals surface area contributed by atoms with Crippen molar-refractivity contribution in [2.45, 2.75) is 24.3 Å². The standard InChI is InChI=1S/C12H15N5O3S/c18-21(19,11-8-14-20-9-11)15-7-10-3-4-13-12(16-10)17-5-1-2-6-17/h3-4,8-9,15H,1-2,5-7H2. The van der Waals surface area contributed by atoms with Crippen molar-refractivity contribution in [3.8, 4) is 0 Å². The molecule has 1 fully saturated rings. The Bertz CT molecular complexity index is 695. The molecule has 0 saturated carbocycles. The van der Waals surface area contributed by atoms with Crippen molar-refractivity contribution >= 4 is 16.0 Å². The van der Waals surface area contributed by atoms with Crippen LogP contribution in [0.4, 0.5) is 5.95 Å². The van der Waals surface area contributed by atoms with Gasteiger partial charge in [-0.3, -0.25) is 0 Å². The minimum atomic E-state index is -3.63. The second-order valence-corrected chi connectivity index (χ2v) is 6.49. The van der Waals surface area contributed by atoms with Gasteiger partial charge >= 0.3 is 0 Å². The molecule has 0 aromatic carbocycles. The molecular formula is C12H15N5O3S. The zero-order chi connectivity index (χ0) is 14.7. The maximum absolute atomic E-state index is 11.9. The van der Waals surface area contributed by atoms with E-state index >= 15 is 0 Å². The lowest BCUT2D eigenvalue weighted by Gasteiger charge is -2.15. The van der Waals surface area contributed by atoms with E-state index in [0.29, 0.717) is 11.6 Å². The molecule has 2 aromatic heterocycles. The second kappa shape index (κ2) is 5.78. The van der Waals surface area contributed by atoms with Crippen molar-refractivity contribution in [2.75, 3.05) is 18.0 Å². The van der Waals surface area contributed by atoms with E-state index in [4.69, 9.17) is 0 Å². The first kappa shape index (κ1) is 14.0. The molecule has 21 heavy (non-hydrogen) atoms. The monoisotopic (exact) mass is 309 g/mol. The summed E-state index contributed by atoms with van der Waals surface area (Å²) in [5.74, 6) is 0.647. The number of aromatic nitrogens is 3. The normalized spacial score (nSPS) is 15.5. The Kier molecular flexibility index (Phi) is 3.84. The van der Waals surface area contributed by atoms with Crippen molar-refractivity contribution in [1.82, 2.24) is 19.8 Å². The highest BCUT2D eigenvalue weighted by molar-refractivity contribution is 7.89. The summed E-state index contributed by atoms with van der Waals surface area (Å²) in [6, 6.07) is 1.69. The van der Waals surface area contributed by atoms with Crippen LogP contribution in [0.1, 0.15) is 18.5 Å². The van der Waals surface area contributed by atoms with Gasteiger partial charge in [0.05, 0.1) is 18.4 Å². The predicted octanol–water partition coefficient (Wildman–Crippen LogP) is 0.543. The zero-order valence-corrected chi connectivity index (χ0v) is 12.1. The van der Waals surface area contributed by atoms with Crippen LogP contribution in [0.25, 0.3) is 0 Å². The Morgan fingerprint density at radius 1 is 1.33 bits per heavy atom. The second-order valence-electron chi connectivity index (χ2n) is 4.73. The zero-order valence-electron chi connectivity index (χ0n) is 11.3. The Balaban J connectivity index is 1.69. The van der Waals surface area contributed by atoms with Gasteiger partial charge in [0.2, 0.25) is 16.0 Å². The Labute approximate surface area is 122 Å². The van der Waals surface area contributed by atoms with Crippen LogP contribution >= 0.6 is 0 Å². The van der Waals surface area contributed by atoms with E-state index in [-0.39, 0.29) is 11.4 Å². The van der Waals surface area contributed by atoms with Gasteiger partial charge in [0, 0.05) is 19.3 Å². The van der Waals surface area contributed by atoms with E-state index in [9.17, 15) is 8.42 Å². The van der Waals surface area contributed by atoms with Crippen LogP contribution in [0.15, 0.2) is 34.1 Å².